The summed E-state index contributed by atoms with van der Waals surface area (Å²) in [4.78, 5) is 1.14. The summed E-state index contributed by atoms with van der Waals surface area (Å²) >= 11 is 3.28. The molecule has 2 N–H and O–H groups in total. The lowest BCUT2D eigenvalue weighted by atomic mass is 9.94. The van der Waals surface area contributed by atoms with Gasteiger partial charge in [0, 0.05) is 36.2 Å². The number of nitrogens with zero attached hydrogens (tertiary/aromatic N) is 1. The Morgan fingerprint density at radius 2 is 1.76 bits per heavy atom. The summed E-state index contributed by atoms with van der Waals surface area (Å²) in [5.41, 5.74) is 8.53. The Morgan fingerprint density at radius 1 is 1.05 bits per heavy atom. The molecular weight excluding hydrogens is 496 g/mol. The highest BCUT2D eigenvalue weighted by molar-refractivity contribution is 8.07. The van der Waals surface area contributed by atoms with Gasteiger partial charge in [0.15, 0.2) is 0 Å². The molecule has 198 valence electrons. The van der Waals surface area contributed by atoms with Crippen LogP contribution in [0.4, 0.5) is 5.69 Å². The second-order valence-corrected chi connectivity index (χ2v) is 10.3. The van der Waals surface area contributed by atoms with Crippen LogP contribution in [0.15, 0.2) is 71.1 Å². The van der Waals surface area contributed by atoms with Crippen molar-refractivity contribution in [2.75, 3.05) is 31.0 Å². The molecule has 0 spiro atoms. The quantitative estimate of drug-likeness (QED) is 0.130. The van der Waals surface area contributed by atoms with Crippen LogP contribution in [-0.4, -0.2) is 37.5 Å². The van der Waals surface area contributed by atoms with E-state index in [9.17, 15) is 0 Å². The number of nitrogens with one attached hydrogen (secondary N) is 1. The average Bonchev–Trinajstić information content (AvgIpc) is 2.91. The highest BCUT2D eigenvalue weighted by atomic mass is 32.2. The maximum Gasteiger partial charge on any atom is 0.119 e. The number of hydrogen-bond donors (Lipinski definition) is 2. The first-order valence-corrected chi connectivity index (χ1v) is 14.7. The summed E-state index contributed by atoms with van der Waals surface area (Å²) in [7, 11) is 1.00. The van der Waals surface area contributed by atoms with Gasteiger partial charge in [-0.2, -0.15) is 11.8 Å². The minimum Gasteiger partial charge on any atom is -0.494 e. The van der Waals surface area contributed by atoms with Gasteiger partial charge in [-0.05, 0) is 109 Å². The standard InChI is InChI=1S/C30H36N2OS2.CH4O/c1-6-9-29(35-31-4)25-12-14-27(15-13-25)32-21-24-10-7-11-26(20-24)30-22(2)18-28(19-23(30)3)33-16-8-17-34-5;1-2/h7,9-15,18-20,32H,4,6,8,16-17,21H2,1-3,5H3;2H,1H3/b29-9-;. The molecule has 0 fully saturated rings. The van der Waals surface area contributed by atoms with Crippen LogP contribution in [0.5, 0.6) is 5.75 Å². The Labute approximate surface area is 231 Å². The third-order valence-corrected chi connectivity index (χ3v) is 7.13. The summed E-state index contributed by atoms with van der Waals surface area (Å²) < 4.78 is 9.96. The molecule has 0 saturated carbocycles. The Kier molecular flexibility index (Phi) is 14.0. The lowest BCUT2D eigenvalue weighted by Crippen LogP contribution is -2.01. The molecule has 0 atom stereocenters. The summed E-state index contributed by atoms with van der Waals surface area (Å²) in [6.07, 6.45) is 6.36. The molecule has 3 rings (SSSR count). The number of benzene rings is 3. The van der Waals surface area contributed by atoms with Gasteiger partial charge in [0.25, 0.3) is 0 Å². The molecule has 0 aliphatic rings. The van der Waals surface area contributed by atoms with E-state index in [1.165, 1.54) is 45.3 Å². The number of aliphatic hydroxyl groups excluding tert-OH is 1. The third kappa shape index (κ3) is 9.62. The Balaban J connectivity index is 0.00000235. The maximum atomic E-state index is 7.00. The van der Waals surface area contributed by atoms with E-state index >= 15 is 0 Å². The molecule has 0 bridgehead atoms. The lowest BCUT2D eigenvalue weighted by molar-refractivity contribution is 0.318. The first kappa shape index (κ1) is 30.6. The number of hydrogen-bond acceptors (Lipinski definition) is 6. The van der Waals surface area contributed by atoms with Crippen LogP contribution in [0.1, 0.15) is 42.0 Å². The molecule has 3 aromatic rings. The second kappa shape index (κ2) is 17.0. The van der Waals surface area contributed by atoms with Crippen LogP contribution in [0.3, 0.4) is 0 Å². The molecule has 0 unspecified atom stereocenters. The fraction of sp³-hybridized carbons (Fsp3) is 0.323. The van der Waals surface area contributed by atoms with E-state index in [1.807, 2.05) is 11.8 Å². The zero-order chi connectivity index (χ0) is 27.0. The predicted molar refractivity (Wildman–Crippen MR) is 167 cm³/mol. The lowest BCUT2D eigenvalue weighted by Gasteiger charge is -2.15. The van der Waals surface area contributed by atoms with E-state index in [-0.39, 0.29) is 0 Å². The van der Waals surface area contributed by atoms with E-state index in [1.54, 1.807) is 0 Å². The largest absolute Gasteiger partial charge is 0.494 e. The molecule has 0 heterocycles. The molecule has 0 radical (unpaired) electrons. The Hall–Kier alpha value is -2.67. The van der Waals surface area contributed by atoms with Gasteiger partial charge in [0.1, 0.15) is 5.75 Å². The number of aryl methyl sites for hydroxylation is 2. The number of anilines is 1. The molecule has 0 amide bonds. The molecule has 4 nitrogen and oxygen atoms in total. The first-order valence-electron chi connectivity index (χ1n) is 12.5. The van der Waals surface area contributed by atoms with Gasteiger partial charge in [-0.25, -0.2) is 4.40 Å². The van der Waals surface area contributed by atoms with E-state index in [4.69, 9.17) is 9.84 Å². The maximum absolute atomic E-state index is 7.00. The minimum absolute atomic E-state index is 0.765. The van der Waals surface area contributed by atoms with Gasteiger partial charge in [0.05, 0.1) is 6.61 Å². The van der Waals surface area contributed by atoms with E-state index < -0.39 is 0 Å². The molecule has 0 aromatic heterocycles. The minimum atomic E-state index is 0.765. The van der Waals surface area contributed by atoms with Crippen LogP contribution in [0.25, 0.3) is 16.0 Å². The first-order chi connectivity index (χ1) is 18.0. The molecule has 37 heavy (non-hydrogen) atoms. The van der Waals surface area contributed by atoms with Gasteiger partial charge >= 0.3 is 0 Å². The highest BCUT2D eigenvalue weighted by Gasteiger charge is 2.10. The van der Waals surface area contributed by atoms with Crippen molar-refractivity contribution in [1.82, 2.24) is 0 Å². The van der Waals surface area contributed by atoms with Crippen molar-refractivity contribution in [2.45, 2.75) is 40.2 Å². The van der Waals surface area contributed by atoms with Crippen molar-refractivity contribution < 1.29 is 9.84 Å². The second-order valence-electron chi connectivity index (χ2n) is 8.46. The summed E-state index contributed by atoms with van der Waals surface area (Å²) in [6, 6.07) is 21.6. The molecule has 0 aliphatic heterocycles. The monoisotopic (exact) mass is 536 g/mol. The molecule has 0 saturated heterocycles. The van der Waals surface area contributed by atoms with E-state index in [2.05, 4.69) is 110 Å². The third-order valence-electron chi connectivity index (χ3n) is 5.70. The van der Waals surface area contributed by atoms with Crippen LogP contribution in [0, 0.1) is 13.8 Å². The normalized spacial score (nSPS) is 10.9. The molecule has 6 heteroatoms. The van der Waals surface area contributed by atoms with E-state index in [0.717, 1.165) is 55.2 Å². The van der Waals surface area contributed by atoms with Crippen LogP contribution in [-0.2, 0) is 6.54 Å². The summed E-state index contributed by atoms with van der Waals surface area (Å²) in [5.74, 6) is 2.09. The predicted octanol–water partition coefficient (Wildman–Crippen LogP) is 8.42. The zero-order valence-electron chi connectivity index (χ0n) is 22.7. The Morgan fingerprint density at radius 3 is 2.38 bits per heavy atom. The van der Waals surface area contributed by atoms with Crippen LogP contribution in [0.2, 0.25) is 0 Å². The van der Waals surface area contributed by atoms with Crippen molar-refractivity contribution in [3.63, 3.8) is 0 Å². The van der Waals surface area contributed by atoms with Crippen molar-refractivity contribution in [3.8, 4) is 16.9 Å². The highest BCUT2D eigenvalue weighted by Crippen LogP contribution is 2.32. The van der Waals surface area contributed by atoms with Gasteiger partial charge in [-0.3, -0.25) is 0 Å². The fourth-order valence-corrected chi connectivity index (χ4v) is 5.14. The van der Waals surface area contributed by atoms with Crippen molar-refractivity contribution in [2.24, 2.45) is 4.40 Å². The van der Waals surface area contributed by atoms with Gasteiger partial charge < -0.3 is 15.2 Å². The summed E-state index contributed by atoms with van der Waals surface area (Å²) in [6.45, 7) is 11.6. The topological polar surface area (TPSA) is 53.9 Å². The number of ether oxygens (including phenoxy) is 1. The van der Waals surface area contributed by atoms with Crippen molar-refractivity contribution in [1.29, 1.82) is 0 Å². The number of allylic oxidation sites excluding steroid dienone is 1. The van der Waals surface area contributed by atoms with Crippen molar-refractivity contribution >= 4 is 41.0 Å². The zero-order valence-corrected chi connectivity index (χ0v) is 24.3. The molecular formula is C31H40N2O2S2. The van der Waals surface area contributed by atoms with Crippen LogP contribution >= 0.6 is 23.7 Å². The number of thioether (sulfide) groups is 1. The van der Waals surface area contributed by atoms with Gasteiger partial charge in [0.2, 0.25) is 0 Å². The van der Waals surface area contributed by atoms with Gasteiger partial charge in [-0.1, -0.05) is 43.3 Å². The molecule has 0 aliphatic carbocycles. The van der Waals surface area contributed by atoms with E-state index in [0.29, 0.717) is 0 Å². The summed E-state index contributed by atoms with van der Waals surface area (Å²) in [5, 5.41) is 10.6. The number of rotatable bonds is 13. The SMILES string of the molecule is C=NS/C(=C\CC)c1ccc(NCc2cccc(-c3c(C)cc(OCCCSC)cc3C)c2)cc1.CO. The van der Waals surface area contributed by atoms with Crippen molar-refractivity contribution in [3.05, 3.63) is 89.0 Å². The number of aliphatic hydroxyl groups is 1. The average molecular weight is 537 g/mol. The fourth-order valence-electron chi connectivity index (χ4n) is 4.11. The van der Waals surface area contributed by atoms with Crippen LogP contribution < -0.4 is 10.1 Å². The Bertz CT molecular complexity index is 1120. The van der Waals surface area contributed by atoms with Gasteiger partial charge in [-0.15, -0.1) is 0 Å². The smallest absolute Gasteiger partial charge is 0.119 e. The molecule has 3 aromatic carbocycles.